The Bertz CT molecular complexity index is 706. The summed E-state index contributed by atoms with van der Waals surface area (Å²) >= 11 is 0. The van der Waals surface area contributed by atoms with Crippen LogP contribution in [0.25, 0.3) is 0 Å². The Kier molecular flexibility index (Phi) is 4.82. The van der Waals surface area contributed by atoms with Gasteiger partial charge in [0.15, 0.2) is 0 Å². The second-order valence-electron chi connectivity index (χ2n) is 4.27. The summed E-state index contributed by atoms with van der Waals surface area (Å²) in [7, 11) is 0. The molecule has 2 aromatic rings. The molecule has 0 radical (unpaired) electrons. The molecule has 0 aliphatic carbocycles. The highest BCUT2D eigenvalue weighted by Gasteiger charge is 1.95. The Morgan fingerprint density at radius 3 is 1.95 bits per heavy atom. The average molecular weight is 281 g/mol. The molecule has 0 fully saturated rings. The number of benzene rings is 2. The zero-order valence-electron chi connectivity index (χ0n) is 11.5. The SMILES string of the molecule is C/C(N=Cc1ccccc1O)=N/N=C/c1ccccc1O. The first-order valence-corrected chi connectivity index (χ1v) is 6.34. The lowest BCUT2D eigenvalue weighted by atomic mass is 10.2. The largest absolute Gasteiger partial charge is 0.507 e. The van der Waals surface area contributed by atoms with Gasteiger partial charge in [-0.25, -0.2) is 4.99 Å². The first-order valence-electron chi connectivity index (χ1n) is 6.34. The summed E-state index contributed by atoms with van der Waals surface area (Å²) in [5, 5.41) is 26.9. The van der Waals surface area contributed by atoms with Gasteiger partial charge in [0.1, 0.15) is 17.3 Å². The molecule has 0 spiro atoms. The Hall–Kier alpha value is -2.95. The standard InChI is InChI=1S/C16H15N3O2/c1-12(17-10-13-6-2-4-8-15(13)20)19-18-11-14-7-3-5-9-16(14)21/h2-11,20-21H,1H3/b17-10?,18-11+,19-12-. The van der Waals surface area contributed by atoms with Gasteiger partial charge in [-0.05, 0) is 31.2 Å². The molecule has 21 heavy (non-hydrogen) atoms. The van der Waals surface area contributed by atoms with E-state index in [1.807, 2.05) is 6.07 Å². The van der Waals surface area contributed by atoms with Crippen molar-refractivity contribution >= 4 is 18.3 Å². The van der Waals surface area contributed by atoms with Crippen LogP contribution in [-0.2, 0) is 0 Å². The summed E-state index contributed by atoms with van der Waals surface area (Å²) in [5.41, 5.74) is 1.19. The third-order valence-corrected chi connectivity index (χ3v) is 2.66. The molecule has 2 rings (SSSR count). The van der Waals surface area contributed by atoms with E-state index in [9.17, 15) is 10.2 Å². The maximum absolute atomic E-state index is 9.59. The molecule has 2 N–H and O–H groups in total. The number of hydrogen-bond acceptors (Lipinski definition) is 4. The Balaban J connectivity index is 2.05. The molecule has 0 saturated heterocycles. The van der Waals surface area contributed by atoms with Gasteiger partial charge in [-0.2, -0.15) is 5.10 Å². The van der Waals surface area contributed by atoms with Crippen LogP contribution in [0, 0.1) is 0 Å². The van der Waals surface area contributed by atoms with Crippen molar-refractivity contribution in [2.24, 2.45) is 15.2 Å². The Morgan fingerprint density at radius 1 is 0.857 bits per heavy atom. The fourth-order valence-electron chi connectivity index (χ4n) is 1.56. The molecular weight excluding hydrogens is 266 g/mol. The molecule has 0 amide bonds. The topological polar surface area (TPSA) is 77.5 Å². The lowest BCUT2D eigenvalue weighted by molar-refractivity contribution is 0.474. The Labute approximate surface area is 122 Å². The predicted octanol–water partition coefficient (Wildman–Crippen LogP) is 2.97. The van der Waals surface area contributed by atoms with Crippen LogP contribution >= 0.6 is 0 Å². The van der Waals surface area contributed by atoms with Gasteiger partial charge in [-0.15, -0.1) is 5.10 Å². The Morgan fingerprint density at radius 2 is 1.38 bits per heavy atom. The number of aromatic hydroxyl groups is 2. The van der Waals surface area contributed by atoms with Crippen molar-refractivity contribution in [2.75, 3.05) is 0 Å². The number of rotatable bonds is 3. The second-order valence-corrected chi connectivity index (χ2v) is 4.27. The molecule has 0 bridgehead atoms. The zero-order chi connectivity index (χ0) is 15.1. The molecule has 106 valence electrons. The molecule has 0 aliphatic rings. The first-order chi connectivity index (χ1) is 10.2. The van der Waals surface area contributed by atoms with Crippen molar-refractivity contribution in [3.05, 3.63) is 59.7 Å². The summed E-state index contributed by atoms with van der Waals surface area (Å²) in [6.07, 6.45) is 2.97. The van der Waals surface area contributed by atoms with Crippen LogP contribution in [0.1, 0.15) is 18.1 Å². The van der Waals surface area contributed by atoms with Crippen LogP contribution in [0.4, 0.5) is 0 Å². The lowest BCUT2D eigenvalue weighted by Crippen LogP contribution is -1.89. The van der Waals surface area contributed by atoms with Crippen LogP contribution in [0.15, 0.2) is 63.7 Å². The minimum atomic E-state index is 0.145. The van der Waals surface area contributed by atoms with E-state index < -0.39 is 0 Å². The summed E-state index contributed by atoms with van der Waals surface area (Å²) in [6.45, 7) is 1.69. The zero-order valence-corrected chi connectivity index (χ0v) is 11.5. The lowest BCUT2D eigenvalue weighted by Gasteiger charge is -1.96. The van der Waals surface area contributed by atoms with Gasteiger partial charge in [-0.1, -0.05) is 24.3 Å². The minimum absolute atomic E-state index is 0.145. The maximum Gasteiger partial charge on any atom is 0.147 e. The molecule has 0 saturated carbocycles. The van der Waals surface area contributed by atoms with E-state index in [1.54, 1.807) is 49.4 Å². The quantitative estimate of drug-likeness (QED) is 0.515. The summed E-state index contributed by atoms with van der Waals surface area (Å²) in [5.74, 6) is 0.739. The third kappa shape index (κ3) is 4.28. The molecule has 0 aliphatic heterocycles. The normalized spacial score (nSPS) is 12.3. The third-order valence-electron chi connectivity index (χ3n) is 2.66. The molecule has 2 aromatic carbocycles. The molecule has 5 heteroatoms. The van der Waals surface area contributed by atoms with Crippen molar-refractivity contribution in [3.8, 4) is 11.5 Å². The number of para-hydroxylation sites is 2. The van der Waals surface area contributed by atoms with Gasteiger partial charge >= 0.3 is 0 Å². The average Bonchev–Trinajstić information content (AvgIpc) is 2.48. The van der Waals surface area contributed by atoms with Gasteiger partial charge in [0.25, 0.3) is 0 Å². The highest BCUT2D eigenvalue weighted by Crippen LogP contribution is 2.13. The van der Waals surface area contributed by atoms with Crippen molar-refractivity contribution in [1.82, 2.24) is 0 Å². The fourth-order valence-corrected chi connectivity index (χ4v) is 1.56. The van der Waals surface area contributed by atoms with E-state index in [0.717, 1.165) is 0 Å². The molecule has 0 heterocycles. The van der Waals surface area contributed by atoms with E-state index in [1.165, 1.54) is 12.4 Å². The predicted molar refractivity (Wildman–Crippen MR) is 84.5 cm³/mol. The molecule has 0 atom stereocenters. The van der Waals surface area contributed by atoms with Gasteiger partial charge in [0, 0.05) is 17.3 Å². The minimum Gasteiger partial charge on any atom is -0.507 e. The van der Waals surface area contributed by atoms with Crippen LogP contribution in [0.3, 0.4) is 0 Å². The summed E-state index contributed by atoms with van der Waals surface area (Å²) in [4.78, 5) is 4.10. The van der Waals surface area contributed by atoms with Gasteiger partial charge in [0.05, 0.1) is 6.21 Å². The van der Waals surface area contributed by atoms with Gasteiger partial charge < -0.3 is 10.2 Å². The second kappa shape index (κ2) is 7.00. The van der Waals surface area contributed by atoms with Crippen LogP contribution in [0.2, 0.25) is 0 Å². The summed E-state index contributed by atoms with van der Waals surface area (Å²) < 4.78 is 0. The molecule has 0 unspecified atom stereocenters. The summed E-state index contributed by atoms with van der Waals surface area (Å²) in [6, 6.07) is 13.7. The molecular formula is C16H15N3O2. The maximum atomic E-state index is 9.59. The van der Waals surface area contributed by atoms with Crippen LogP contribution in [-0.4, -0.2) is 28.5 Å². The highest BCUT2D eigenvalue weighted by atomic mass is 16.3. The van der Waals surface area contributed by atoms with Crippen molar-refractivity contribution in [2.45, 2.75) is 6.92 Å². The van der Waals surface area contributed by atoms with Crippen molar-refractivity contribution in [3.63, 3.8) is 0 Å². The van der Waals surface area contributed by atoms with Crippen molar-refractivity contribution < 1.29 is 10.2 Å². The number of amidine groups is 1. The van der Waals surface area contributed by atoms with Crippen LogP contribution < -0.4 is 0 Å². The van der Waals surface area contributed by atoms with Gasteiger partial charge in [0.2, 0.25) is 0 Å². The first kappa shape index (κ1) is 14.5. The van der Waals surface area contributed by atoms with E-state index >= 15 is 0 Å². The van der Waals surface area contributed by atoms with Crippen LogP contribution in [0.5, 0.6) is 11.5 Å². The van der Waals surface area contributed by atoms with Crippen molar-refractivity contribution in [1.29, 1.82) is 0 Å². The van der Waals surface area contributed by atoms with E-state index in [-0.39, 0.29) is 11.5 Å². The number of nitrogens with zero attached hydrogens (tertiary/aromatic N) is 3. The fraction of sp³-hybridized carbons (Fsp3) is 0.0625. The number of phenols is 2. The molecule has 0 aromatic heterocycles. The van der Waals surface area contributed by atoms with E-state index in [0.29, 0.717) is 17.0 Å². The smallest absolute Gasteiger partial charge is 0.147 e. The van der Waals surface area contributed by atoms with E-state index in [2.05, 4.69) is 15.2 Å². The highest BCUT2D eigenvalue weighted by molar-refractivity contribution is 5.95. The van der Waals surface area contributed by atoms with Gasteiger partial charge in [-0.3, -0.25) is 0 Å². The monoisotopic (exact) mass is 281 g/mol. The molecule has 5 nitrogen and oxygen atoms in total. The number of phenolic OH excluding ortho intramolecular Hbond substituents is 2. The number of aliphatic imine (C=N–C) groups is 1. The van der Waals surface area contributed by atoms with E-state index in [4.69, 9.17) is 0 Å². The number of hydrogen-bond donors (Lipinski definition) is 2.